The average Bonchev–Trinajstić information content (AvgIpc) is 2.86. The Labute approximate surface area is 130 Å². The largest absolute Gasteiger partial charge is 0.494 e. The van der Waals surface area contributed by atoms with Gasteiger partial charge in [0.1, 0.15) is 11.6 Å². The van der Waals surface area contributed by atoms with Crippen molar-refractivity contribution in [2.75, 3.05) is 11.9 Å². The maximum atomic E-state index is 12.1. The Bertz CT molecular complexity index is 651. The van der Waals surface area contributed by atoms with E-state index in [1.165, 1.54) is 0 Å². The van der Waals surface area contributed by atoms with E-state index in [1.54, 1.807) is 24.0 Å². The monoisotopic (exact) mass is 302 g/mol. The van der Waals surface area contributed by atoms with E-state index >= 15 is 0 Å². The quantitative estimate of drug-likeness (QED) is 0.892. The van der Waals surface area contributed by atoms with Crippen LogP contribution in [-0.4, -0.2) is 22.4 Å². The molecular weight excluding hydrogens is 280 g/mol. The van der Waals surface area contributed by atoms with Crippen LogP contribution in [0.15, 0.2) is 30.5 Å². The second kappa shape index (κ2) is 6.98. The smallest absolute Gasteiger partial charge is 0.320 e. The van der Waals surface area contributed by atoms with Gasteiger partial charge in [-0.25, -0.2) is 4.79 Å². The number of aromatic nitrogens is 2. The Morgan fingerprint density at radius 2 is 2.18 bits per heavy atom. The van der Waals surface area contributed by atoms with Gasteiger partial charge in [0.2, 0.25) is 0 Å². The minimum Gasteiger partial charge on any atom is -0.494 e. The predicted octanol–water partition coefficient (Wildman–Crippen LogP) is 3.01. The molecule has 1 aromatic carbocycles. The summed E-state index contributed by atoms with van der Waals surface area (Å²) >= 11 is 0. The molecule has 0 aliphatic rings. The molecule has 1 heterocycles. The van der Waals surface area contributed by atoms with Crippen molar-refractivity contribution in [2.45, 2.75) is 26.8 Å². The second-order valence-electron chi connectivity index (χ2n) is 5.13. The maximum Gasteiger partial charge on any atom is 0.320 e. The van der Waals surface area contributed by atoms with Crippen molar-refractivity contribution in [1.82, 2.24) is 15.1 Å². The molecule has 0 saturated carbocycles. The fourth-order valence-corrected chi connectivity index (χ4v) is 2.22. The number of hydrogen-bond donors (Lipinski definition) is 2. The summed E-state index contributed by atoms with van der Waals surface area (Å²) in [5.74, 6) is 1.43. The van der Waals surface area contributed by atoms with Gasteiger partial charge in [0.05, 0.1) is 18.8 Å². The van der Waals surface area contributed by atoms with E-state index in [-0.39, 0.29) is 12.1 Å². The van der Waals surface area contributed by atoms with Crippen LogP contribution in [-0.2, 0) is 7.05 Å². The number of rotatable bonds is 5. The van der Waals surface area contributed by atoms with E-state index in [4.69, 9.17) is 4.74 Å². The van der Waals surface area contributed by atoms with E-state index < -0.39 is 0 Å². The fraction of sp³-hybridized carbons (Fsp3) is 0.375. The van der Waals surface area contributed by atoms with Gasteiger partial charge >= 0.3 is 6.03 Å². The molecule has 22 heavy (non-hydrogen) atoms. The lowest BCUT2D eigenvalue weighted by Crippen LogP contribution is -2.32. The van der Waals surface area contributed by atoms with Gasteiger partial charge < -0.3 is 10.1 Å². The molecule has 1 atom stereocenters. The molecule has 1 unspecified atom stereocenters. The molecule has 0 aliphatic carbocycles. The van der Waals surface area contributed by atoms with E-state index in [0.717, 1.165) is 16.9 Å². The number of benzene rings is 1. The summed E-state index contributed by atoms with van der Waals surface area (Å²) in [5, 5.41) is 9.69. The number of carbonyl (C=O) groups is 1. The number of carbonyl (C=O) groups excluding carboxylic acids is 1. The molecule has 6 heteroatoms. The van der Waals surface area contributed by atoms with E-state index in [9.17, 15) is 4.79 Å². The van der Waals surface area contributed by atoms with Crippen molar-refractivity contribution < 1.29 is 9.53 Å². The molecule has 1 aromatic heterocycles. The number of nitrogens with zero attached hydrogens (tertiary/aromatic N) is 2. The van der Waals surface area contributed by atoms with Crippen molar-refractivity contribution >= 4 is 11.8 Å². The zero-order chi connectivity index (χ0) is 16.1. The van der Waals surface area contributed by atoms with Gasteiger partial charge in [0.25, 0.3) is 0 Å². The molecule has 6 nitrogen and oxygen atoms in total. The van der Waals surface area contributed by atoms with E-state index in [1.807, 2.05) is 39.0 Å². The number of aryl methyl sites for hydroxylation is 2. The van der Waals surface area contributed by atoms with Crippen LogP contribution >= 0.6 is 0 Å². The third-order valence-corrected chi connectivity index (χ3v) is 3.34. The van der Waals surface area contributed by atoms with Crippen LogP contribution in [0.3, 0.4) is 0 Å². The van der Waals surface area contributed by atoms with Gasteiger partial charge in [-0.15, -0.1) is 0 Å². The summed E-state index contributed by atoms with van der Waals surface area (Å²) in [6.45, 7) is 6.47. The summed E-state index contributed by atoms with van der Waals surface area (Å²) in [6.07, 6.45) is 1.63. The molecule has 0 fully saturated rings. The van der Waals surface area contributed by atoms with Crippen LogP contribution in [0.2, 0.25) is 0 Å². The standard InChI is InChI=1S/C16H22N4O2/c1-5-22-14-7-6-11(2)10-13(14)12(3)18-16(21)19-15-8-9-17-20(15)4/h6-10,12H,5H2,1-4H3,(H2,18,19,21). The highest BCUT2D eigenvalue weighted by atomic mass is 16.5. The van der Waals surface area contributed by atoms with Gasteiger partial charge in [0, 0.05) is 18.7 Å². The van der Waals surface area contributed by atoms with Crippen LogP contribution in [0.4, 0.5) is 10.6 Å². The summed E-state index contributed by atoms with van der Waals surface area (Å²) in [6, 6.07) is 7.25. The van der Waals surface area contributed by atoms with E-state index in [2.05, 4.69) is 15.7 Å². The SMILES string of the molecule is CCOc1ccc(C)cc1C(C)NC(=O)Nc1ccnn1C. The minimum atomic E-state index is -0.278. The number of amides is 2. The van der Waals surface area contributed by atoms with Crippen molar-refractivity contribution in [3.63, 3.8) is 0 Å². The van der Waals surface area contributed by atoms with Crippen molar-refractivity contribution in [1.29, 1.82) is 0 Å². The lowest BCUT2D eigenvalue weighted by atomic mass is 10.0. The molecule has 118 valence electrons. The number of anilines is 1. The summed E-state index contributed by atoms with van der Waals surface area (Å²) in [7, 11) is 1.77. The van der Waals surface area contributed by atoms with Crippen LogP contribution in [0.1, 0.15) is 31.0 Å². The highest BCUT2D eigenvalue weighted by Crippen LogP contribution is 2.26. The molecule has 0 saturated heterocycles. The van der Waals surface area contributed by atoms with Crippen LogP contribution in [0.5, 0.6) is 5.75 Å². The third kappa shape index (κ3) is 3.78. The first-order valence-electron chi connectivity index (χ1n) is 7.30. The van der Waals surface area contributed by atoms with Crippen LogP contribution in [0, 0.1) is 6.92 Å². The fourth-order valence-electron chi connectivity index (χ4n) is 2.22. The first-order valence-corrected chi connectivity index (χ1v) is 7.30. The Hall–Kier alpha value is -2.50. The molecule has 2 N–H and O–H groups in total. The molecular formula is C16H22N4O2. The van der Waals surface area contributed by atoms with Gasteiger partial charge in [-0.2, -0.15) is 5.10 Å². The second-order valence-corrected chi connectivity index (χ2v) is 5.13. The Balaban J connectivity index is 2.08. The van der Waals surface area contributed by atoms with Crippen LogP contribution < -0.4 is 15.4 Å². The number of hydrogen-bond acceptors (Lipinski definition) is 3. The normalized spacial score (nSPS) is 11.8. The third-order valence-electron chi connectivity index (χ3n) is 3.34. The lowest BCUT2D eigenvalue weighted by molar-refractivity contribution is 0.248. The Morgan fingerprint density at radius 3 is 2.82 bits per heavy atom. The Kier molecular flexibility index (Phi) is 5.04. The summed E-state index contributed by atoms with van der Waals surface area (Å²) < 4.78 is 7.23. The topological polar surface area (TPSA) is 68.2 Å². The average molecular weight is 302 g/mol. The molecule has 2 aromatic rings. The molecule has 2 rings (SSSR count). The van der Waals surface area contributed by atoms with Crippen molar-refractivity contribution in [3.05, 3.63) is 41.6 Å². The summed E-state index contributed by atoms with van der Waals surface area (Å²) in [4.78, 5) is 12.1. The zero-order valence-corrected chi connectivity index (χ0v) is 13.4. The predicted molar refractivity (Wildman–Crippen MR) is 86.1 cm³/mol. The van der Waals surface area contributed by atoms with Crippen LogP contribution in [0.25, 0.3) is 0 Å². The highest BCUT2D eigenvalue weighted by molar-refractivity contribution is 5.88. The molecule has 0 bridgehead atoms. The van der Waals surface area contributed by atoms with Gasteiger partial charge in [-0.1, -0.05) is 17.7 Å². The van der Waals surface area contributed by atoms with Gasteiger partial charge in [-0.05, 0) is 26.8 Å². The maximum absolute atomic E-state index is 12.1. The van der Waals surface area contributed by atoms with Gasteiger partial charge in [0.15, 0.2) is 0 Å². The number of nitrogens with one attached hydrogen (secondary N) is 2. The molecule has 0 aliphatic heterocycles. The number of ether oxygens (including phenoxy) is 1. The molecule has 0 radical (unpaired) electrons. The first-order chi connectivity index (χ1) is 10.5. The van der Waals surface area contributed by atoms with Crippen molar-refractivity contribution in [2.24, 2.45) is 7.05 Å². The van der Waals surface area contributed by atoms with Crippen molar-refractivity contribution in [3.8, 4) is 5.75 Å². The lowest BCUT2D eigenvalue weighted by Gasteiger charge is -2.19. The molecule has 2 amide bonds. The van der Waals surface area contributed by atoms with E-state index in [0.29, 0.717) is 12.4 Å². The Morgan fingerprint density at radius 1 is 1.41 bits per heavy atom. The minimum absolute atomic E-state index is 0.172. The summed E-state index contributed by atoms with van der Waals surface area (Å²) in [5.41, 5.74) is 2.08. The first kappa shape index (κ1) is 15.9. The highest BCUT2D eigenvalue weighted by Gasteiger charge is 2.15. The number of urea groups is 1. The zero-order valence-electron chi connectivity index (χ0n) is 13.4. The van der Waals surface area contributed by atoms with Gasteiger partial charge in [-0.3, -0.25) is 10.00 Å². The molecule has 0 spiro atoms.